The summed E-state index contributed by atoms with van der Waals surface area (Å²) in [5.41, 5.74) is 2.26. The molecule has 0 saturated carbocycles. The normalized spacial score (nSPS) is 12.7. The largest absolute Gasteiger partial charge is 0.496 e. The van der Waals surface area contributed by atoms with E-state index in [9.17, 15) is 0 Å². The van der Waals surface area contributed by atoms with Crippen molar-refractivity contribution >= 4 is 31.9 Å². The number of halogens is 2. The predicted molar refractivity (Wildman–Crippen MR) is 91.9 cm³/mol. The molecular weight excluding hydrogens is 398 g/mol. The molecule has 0 bridgehead atoms. The third-order valence-electron chi connectivity index (χ3n) is 3.35. The number of hydrogen-bond donors (Lipinski definition) is 1. The highest BCUT2D eigenvalue weighted by Gasteiger charge is 2.22. The molecule has 2 rings (SSSR count). The number of benzene rings is 1. The van der Waals surface area contributed by atoms with Crippen molar-refractivity contribution < 1.29 is 4.74 Å². The molecular formula is C15H19Br2N3O. The zero-order valence-electron chi connectivity index (χ0n) is 12.5. The van der Waals surface area contributed by atoms with Gasteiger partial charge in [-0.1, -0.05) is 6.07 Å². The molecule has 21 heavy (non-hydrogen) atoms. The number of nitrogens with zero attached hydrogens (tertiary/aromatic N) is 2. The number of hydrogen-bond acceptors (Lipinski definition) is 3. The smallest absolute Gasteiger partial charge is 0.133 e. The standard InChI is InChI=1S/C15H19Br2N3O/c1-9(2)20-15(12(17)8-19-20)14(18-3)10-5-6-13(21-4)11(16)7-10/h5-9,14,18H,1-4H3. The Bertz CT molecular complexity index is 625. The molecule has 0 aliphatic heterocycles. The molecule has 0 spiro atoms. The van der Waals surface area contributed by atoms with Gasteiger partial charge in [-0.2, -0.15) is 5.10 Å². The molecule has 0 aliphatic carbocycles. The van der Waals surface area contributed by atoms with Crippen molar-refractivity contribution in [2.45, 2.75) is 25.9 Å². The first-order valence-corrected chi connectivity index (χ1v) is 8.31. The van der Waals surface area contributed by atoms with Crippen LogP contribution >= 0.6 is 31.9 Å². The summed E-state index contributed by atoms with van der Waals surface area (Å²) in [6, 6.07) is 6.45. The van der Waals surface area contributed by atoms with Crippen molar-refractivity contribution in [1.82, 2.24) is 15.1 Å². The van der Waals surface area contributed by atoms with Gasteiger partial charge in [0, 0.05) is 6.04 Å². The number of aromatic nitrogens is 2. The Morgan fingerprint density at radius 3 is 2.48 bits per heavy atom. The molecule has 2 aromatic rings. The van der Waals surface area contributed by atoms with Gasteiger partial charge in [-0.05, 0) is 70.5 Å². The molecule has 0 radical (unpaired) electrons. The quantitative estimate of drug-likeness (QED) is 0.789. The molecule has 1 N–H and O–H groups in total. The second-order valence-electron chi connectivity index (χ2n) is 5.03. The van der Waals surface area contributed by atoms with Crippen LogP contribution in [0.5, 0.6) is 5.75 Å². The molecule has 0 fully saturated rings. The zero-order chi connectivity index (χ0) is 15.6. The lowest BCUT2D eigenvalue weighted by atomic mass is 10.0. The highest BCUT2D eigenvalue weighted by molar-refractivity contribution is 9.10. The molecule has 0 amide bonds. The second kappa shape index (κ2) is 6.94. The fourth-order valence-electron chi connectivity index (χ4n) is 2.36. The highest BCUT2D eigenvalue weighted by Crippen LogP contribution is 2.34. The van der Waals surface area contributed by atoms with Gasteiger partial charge in [0.25, 0.3) is 0 Å². The summed E-state index contributed by atoms with van der Waals surface area (Å²) in [6.45, 7) is 4.25. The van der Waals surface area contributed by atoms with E-state index in [4.69, 9.17) is 4.74 Å². The van der Waals surface area contributed by atoms with E-state index in [0.29, 0.717) is 6.04 Å². The van der Waals surface area contributed by atoms with E-state index in [0.717, 1.165) is 26.0 Å². The minimum Gasteiger partial charge on any atom is -0.496 e. The van der Waals surface area contributed by atoms with Crippen molar-refractivity contribution in [3.8, 4) is 5.75 Å². The lowest BCUT2D eigenvalue weighted by Gasteiger charge is -2.21. The minimum absolute atomic E-state index is 0.0477. The Balaban J connectivity index is 2.49. The molecule has 1 aromatic carbocycles. The molecule has 0 saturated heterocycles. The van der Waals surface area contributed by atoms with Crippen LogP contribution in [-0.4, -0.2) is 23.9 Å². The maximum Gasteiger partial charge on any atom is 0.133 e. The van der Waals surface area contributed by atoms with Gasteiger partial charge in [0.15, 0.2) is 0 Å². The molecule has 114 valence electrons. The van der Waals surface area contributed by atoms with Gasteiger partial charge >= 0.3 is 0 Å². The third kappa shape index (κ3) is 3.33. The Labute approximate surface area is 142 Å². The Kier molecular flexibility index (Phi) is 5.46. The maximum absolute atomic E-state index is 5.30. The van der Waals surface area contributed by atoms with Crippen LogP contribution in [0.25, 0.3) is 0 Å². The van der Waals surface area contributed by atoms with E-state index in [1.54, 1.807) is 7.11 Å². The first kappa shape index (κ1) is 16.5. The zero-order valence-corrected chi connectivity index (χ0v) is 15.7. The number of nitrogens with one attached hydrogen (secondary N) is 1. The summed E-state index contributed by atoms with van der Waals surface area (Å²) in [7, 11) is 3.62. The van der Waals surface area contributed by atoms with Gasteiger partial charge in [0.2, 0.25) is 0 Å². The van der Waals surface area contributed by atoms with Crippen molar-refractivity contribution in [2.24, 2.45) is 0 Å². The van der Waals surface area contributed by atoms with Gasteiger partial charge in [-0.25, -0.2) is 0 Å². The molecule has 1 atom stereocenters. The van der Waals surface area contributed by atoms with E-state index in [1.165, 1.54) is 0 Å². The van der Waals surface area contributed by atoms with E-state index in [1.807, 2.05) is 24.0 Å². The van der Waals surface area contributed by atoms with Crippen LogP contribution in [0, 0.1) is 0 Å². The topological polar surface area (TPSA) is 39.1 Å². The van der Waals surface area contributed by atoms with E-state index in [2.05, 4.69) is 68.3 Å². The van der Waals surface area contributed by atoms with Crippen molar-refractivity contribution in [1.29, 1.82) is 0 Å². The van der Waals surface area contributed by atoms with Crippen LogP contribution in [-0.2, 0) is 0 Å². The first-order chi connectivity index (χ1) is 9.99. The lowest BCUT2D eigenvalue weighted by Crippen LogP contribution is -2.23. The van der Waals surface area contributed by atoms with Crippen molar-refractivity contribution in [2.75, 3.05) is 14.2 Å². The molecule has 4 nitrogen and oxygen atoms in total. The summed E-state index contributed by atoms with van der Waals surface area (Å²) in [4.78, 5) is 0. The summed E-state index contributed by atoms with van der Waals surface area (Å²) >= 11 is 7.16. The second-order valence-corrected chi connectivity index (χ2v) is 6.74. The fraction of sp³-hybridized carbons (Fsp3) is 0.400. The minimum atomic E-state index is 0.0477. The van der Waals surface area contributed by atoms with Crippen LogP contribution in [0.1, 0.15) is 37.2 Å². The lowest BCUT2D eigenvalue weighted by molar-refractivity contribution is 0.411. The van der Waals surface area contributed by atoms with Gasteiger partial charge in [-0.3, -0.25) is 4.68 Å². The third-order valence-corrected chi connectivity index (χ3v) is 4.58. The van der Waals surface area contributed by atoms with Gasteiger partial charge < -0.3 is 10.1 Å². The molecule has 1 unspecified atom stereocenters. The Hall–Kier alpha value is -0.850. The van der Waals surface area contributed by atoms with Crippen LogP contribution in [0.4, 0.5) is 0 Å². The van der Waals surface area contributed by atoms with Crippen LogP contribution in [0.2, 0.25) is 0 Å². The Morgan fingerprint density at radius 2 is 1.95 bits per heavy atom. The van der Waals surface area contributed by atoms with Gasteiger partial charge in [0.05, 0.1) is 34.0 Å². The van der Waals surface area contributed by atoms with Crippen molar-refractivity contribution in [3.05, 3.63) is 44.6 Å². The summed E-state index contributed by atoms with van der Waals surface area (Å²) in [5, 5.41) is 7.83. The summed E-state index contributed by atoms with van der Waals surface area (Å²) in [6.07, 6.45) is 1.85. The monoisotopic (exact) mass is 415 g/mol. The van der Waals surface area contributed by atoms with Crippen molar-refractivity contribution in [3.63, 3.8) is 0 Å². The average molecular weight is 417 g/mol. The maximum atomic E-state index is 5.30. The van der Waals surface area contributed by atoms with E-state index >= 15 is 0 Å². The summed E-state index contributed by atoms with van der Waals surface area (Å²) < 4.78 is 9.27. The molecule has 1 aromatic heterocycles. The predicted octanol–water partition coefficient (Wildman–Crippen LogP) is 4.31. The van der Waals surface area contributed by atoms with Gasteiger partial charge in [-0.15, -0.1) is 0 Å². The number of methoxy groups -OCH3 is 1. The molecule has 1 heterocycles. The van der Waals surface area contributed by atoms with E-state index in [-0.39, 0.29) is 6.04 Å². The van der Waals surface area contributed by atoms with Gasteiger partial charge in [0.1, 0.15) is 5.75 Å². The van der Waals surface area contributed by atoms with Crippen LogP contribution in [0.3, 0.4) is 0 Å². The Morgan fingerprint density at radius 1 is 1.24 bits per heavy atom. The molecule has 0 aliphatic rings. The highest BCUT2D eigenvalue weighted by atomic mass is 79.9. The average Bonchev–Trinajstić information content (AvgIpc) is 2.82. The first-order valence-electron chi connectivity index (χ1n) is 6.73. The number of ether oxygens (including phenoxy) is 1. The number of rotatable bonds is 5. The fourth-order valence-corrected chi connectivity index (χ4v) is 3.42. The van der Waals surface area contributed by atoms with Crippen LogP contribution in [0.15, 0.2) is 33.3 Å². The summed E-state index contributed by atoms with van der Waals surface area (Å²) in [5.74, 6) is 0.824. The van der Waals surface area contributed by atoms with E-state index < -0.39 is 0 Å². The molecule has 6 heteroatoms. The SMILES string of the molecule is CNC(c1ccc(OC)c(Br)c1)c1c(Br)cnn1C(C)C. The van der Waals surface area contributed by atoms with Crippen LogP contribution < -0.4 is 10.1 Å².